The number of nitrogens with two attached hydrogens (primary N) is 1. The fraction of sp³-hybridized carbons (Fsp3) is 0.235. The highest BCUT2D eigenvalue weighted by molar-refractivity contribution is 5.99. The maximum Gasteiger partial charge on any atom is 0.255 e. The lowest BCUT2D eigenvalue weighted by Gasteiger charge is -2.18. The summed E-state index contributed by atoms with van der Waals surface area (Å²) in [5.41, 5.74) is 9.27. The third-order valence-electron chi connectivity index (χ3n) is 3.36. The second-order valence-electron chi connectivity index (χ2n) is 5.05. The number of nitrogens with zero attached hydrogens (tertiary/aromatic N) is 1. The van der Waals surface area contributed by atoms with Crippen LogP contribution in [0.1, 0.15) is 21.5 Å². The van der Waals surface area contributed by atoms with Crippen molar-refractivity contribution in [3.63, 3.8) is 0 Å². The Morgan fingerprint density at radius 2 is 1.85 bits per heavy atom. The first-order valence-electron chi connectivity index (χ1n) is 6.73. The molecule has 0 bridgehead atoms. The molecule has 0 aliphatic carbocycles. The number of carbonyl (C=O) groups is 1. The molecular formula is C17H20N2O. The van der Waals surface area contributed by atoms with Gasteiger partial charge in [-0.3, -0.25) is 4.79 Å². The highest BCUT2D eigenvalue weighted by Crippen LogP contribution is 2.16. The molecule has 2 aromatic rings. The average Bonchev–Trinajstić information content (AvgIpc) is 2.47. The summed E-state index contributed by atoms with van der Waals surface area (Å²) in [5, 5.41) is 0. The predicted molar refractivity (Wildman–Crippen MR) is 82.7 cm³/mol. The SMILES string of the molecule is Cc1ccc(N)c(C(=O)N(C)CCc2ccccc2)c1. The highest BCUT2D eigenvalue weighted by atomic mass is 16.2. The van der Waals surface area contributed by atoms with Crippen molar-refractivity contribution < 1.29 is 4.79 Å². The van der Waals surface area contributed by atoms with Crippen molar-refractivity contribution >= 4 is 11.6 Å². The van der Waals surface area contributed by atoms with Crippen LogP contribution in [0, 0.1) is 6.92 Å². The molecule has 0 saturated heterocycles. The van der Waals surface area contributed by atoms with Crippen molar-refractivity contribution in [2.24, 2.45) is 0 Å². The quantitative estimate of drug-likeness (QED) is 0.867. The van der Waals surface area contributed by atoms with Crippen molar-refractivity contribution in [3.8, 4) is 0 Å². The minimum absolute atomic E-state index is 0.0258. The van der Waals surface area contributed by atoms with Gasteiger partial charge in [0.2, 0.25) is 0 Å². The van der Waals surface area contributed by atoms with Crippen molar-refractivity contribution in [1.29, 1.82) is 0 Å². The van der Waals surface area contributed by atoms with Crippen LogP contribution >= 0.6 is 0 Å². The molecule has 0 aliphatic rings. The number of hydrogen-bond acceptors (Lipinski definition) is 2. The van der Waals surface area contributed by atoms with Crippen LogP contribution < -0.4 is 5.73 Å². The van der Waals surface area contributed by atoms with Crippen LogP contribution in [0.4, 0.5) is 5.69 Å². The monoisotopic (exact) mass is 268 g/mol. The molecule has 0 radical (unpaired) electrons. The maximum absolute atomic E-state index is 12.4. The van der Waals surface area contributed by atoms with Crippen molar-refractivity contribution in [2.45, 2.75) is 13.3 Å². The number of amides is 1. The minimum Gasteiger partial charge on any atom is -0.398 e. The maximum atomic E-state index is 12.4. The molecule has 104 valence electrons. The second kappa shape index (κ2) is 6.24. The number of hydrogen-bond donors (Lipinski definition) is 1. The van der Waals surface area contributed by atoms with Gasteiger partial charge in [-0.1, -0.05) is 42.0 Å². The zero-order chi connectivity index (χ0) is 14.5. The first-order valence-corrected chi connectivity index (χ1v) is 6.73. The summed E-state index contributed by atoms with van der Waals surface area (Å²) in [7, 11) is 1.81. The first kappa shape index (κ1) is 14.1. The van der Waals surface area contributed by atoms with Crippen LogP contribution in [-0.4, -0.2) is 24.4 Å². The molecule has 0 aromatic heterocycles. The molecule has 0 saturated carbocycles. The molecule has 1 amide bonds. The Labute approximate surface area is 120 Å². The molecule has 3 heteroatoms. The van der Waals surface area contributed by atoms with E-state index in [2.05, 4.69) is 12.1 Å². The van der Waals surface area contributed by atoms with E-state index in [0.717, 1.165) is 12.0 Å². The molecule has 0 heterocycles. The summed E-state index contributed by atoms with van der Waals surface area (Å²) in [6.45, 7) is 2.64. The lowest BCUT2D eigenvalue weighted by Crippen LogP contribution is -2.29. The average molecular weight is 268 g/mol. The normalized spacial score (nSPS) is 10.3. The van der Waals surface area contributed by atoms with E-state index in [1.54, 1.807) is 11.0 Å². The molecule has 20 heavy (non-hydrogen) atoms. The largest absolute Gasteiger partial charge is 0.398 e. The van der Waals surface area contributed by atoms with Gasteiger partial charge in [0.15, 0.2) is 0 Å². The van der Waals surface area contributed by atoms with Crippen molar-refractivity contribution in [1.82, 2.24) is 4.90 Å². The summed E-state index contributed by atoms with van der Waals surface area (Å²) in [5.74, 6) is -0.0258. The Hall–Kier alpha value is -2.29. The zero-order valence-corrected chi connectivity index (χ0v) is 12.0. The standard InChI is InChI=1S/C17H20N2O/c1-13-8-9-16(18)15(12-13)17(20)19(2)11-10-14-6-4-3-5-7-14/h3-9,12H,10-11,18H2,1-2H3. The topological polar surface area (TPSA) is 46.3 Å². The van der Waals surface area contributed by atoms with Gasteiger partial charge in [-0.05, 0) is 31.0 Å². The van der Waals surface area contributed by atoms with E-state index < -0.39 is 0 Å². The van der Waals surface area contributed by atoms with E-state index in [1.807, 2.05) is 44.3 Å². The van der Waals surface area contributed by atoms with E-state index in [0.29, 0.717) is 17.8 Å². The number of likely N-dealkylation sites (N-methyl/N-ethyl adjacent to an activating group) is 1. The van der Waals surface area contributed by atoms with Gasteiger partial charge in [-0.2, -0.15) is 0 Å². The number of aryl methyl sites for hydroxylation is 1. The van der Waals surface area contributed by atoms with Crippen LogP contribution in [-0.2, 0) is 6.42 Å². The molecule has 2 N–H and O–H groups in total. The van der Waals surface area contributed by atoms with Gasteiger partial charge < -0.3 is 10.6 Å². The van der Waals surface area contributed by atoms with Crippen LogP contribution in [0.15, 0.2) is 48.5 Å². The lowest BCUT2D eigenvalue weighted by atomic mass is 10.1. The highest BCUT2D eigenvalue weighted by Gasteiger charge is 2.14. The summed E-state index contributed by atoms with van der Waals surface area (Å²) in [4.78, 5) is 14.1. The number of carbonyl (C=O) groups excluding carboxylic acids is 1. The van der Waals surface area contributed by atoms with Gasteiger partial charge in [0.25, 0.3) is 5.91 Å². The Morgan fingerprint density at radius 3 is 2.55 bits per heavy atom. The van der Waals surface area contributed by atoms with E-state index in [1.165, 1.54) is 5.56 Å². The molecule has 0 aliphatic heterocycles. The second-order valence-corrected chi connectivity index (χ2v) is 5.05. The van der Waals surface area contributed by atoms with Crippen molar-refractivity contribution in [2.75, 3.05) is 19.3 Å². The van der Waals surface area contributed by atoms with E-state index in [-0.39, 0.29) is 5.91 Å². The molecule has 3 nitrogen and oxygen atoms in total. The molecule has 0 atom stereocenters. The third kappa shape index (κ3) is 3.38. The van der Waals surface area contributed by atoms with Crippen LogP contribution in [0.3, 0.4) is 0 Å². The molecule has 2 rings (SSSR count). The van der Waals surface area contributed by atoms with Gasteiger partial charge in [0, 0.05) is 19.3 Å². The number of anilines is 1. The summed E-state index contributed by atoms with van der Waals surface area (Å²) >= 11 is 0. The Kier molecular flexibility index (Phi) is 4.41. The van der Waals surface area contributed by atoms with E-state index in [4.69, 9.17) is 5.73 Å². The van der Waals surface area contributed by atoms with E-state index in [9.17, 15) is 4.79 Å². The fourth-order valence-corrected chi connectivity index (χ4v) is 2.10. The van der Waals surface area contributed by atoms with Crippen LogP contribution in [0.5, 0.6) is 0 Å². The van der Waals surface area contributed by atoms with Crippen LogP contribution in [0.25, 0.3) is 0 Å². The minimum atomic E-state index is -0.0258. The summed E-state index contributed by atoms with van der Waals surface area (Å²) in [6, 6.07) is 15.7. The molecule has 2 aromatic carbocycles. The Morgan fingerprint density at radius 1 is 1.15 bits per heavy atom. The number of benzene rings is 2. The van der Waals surface area contributed by atoms with Gasteiger partial charge >= 0.3 is 0 Å². The van der Waals surface area contributed by atoms with E-state index >= 15 is 0 Å². The van der Waals surface area contributed by atoms with Crippen LogP contribution in [0.2, 0.25) is 0 Å². The van der Waals surface area contributed by atoms with Gasteiger partial charge in [-0.15, -0.1) is 0 Å². The number of nitrogen functional groups attached to an aromatic ring is 1. The predicted octanol–water partition coefficient (Wildman–Crippen LogP) is 2.89. The molecule has 0 fully saturated rings. The fourth-order valence-electron chi connectivity index (χ4n) is 2.10. The Balaban J connectivity index is 2.03. The Bertz CT molecular complexity index is 593. The number of rotatable bonds is 4. The first-order chi connectivity index (χ1) is 9.58. The lowest BCUT2D eigenvalue weighted by molar-refractivity contribution is 0.0797. The molecular weight excluding hydrogens is 248 g/mol. The summed E-state index contributed by atoms with van der Waals surface area (Å²) < 4.78 is 0. The third-order valence-corrected chi connectivity index (χ3v) is 3.36. The zero-order valence-electron chi connectivity index (χ0n) is 12.0. The van der Waals surface area contributed by atoms with Crippen molar-refractivity contribution in [3.05, 3.63) is 65.2 Å². The molecule has 0 unspecified atom stereocenters. The van der Waals surface area contributed by atoms with Gasteiger partial charge in [0.1, 0.15) is 0 Å². The molecule has 0 spiro atoms. The van der Waals surface area contributed by atoms with Gasteiger partial charge in [-0.25, -0.2) is 0 Å². The van der Waals surface area contributed by atoms with Gasteiger partial charge in [0.05, 0.1) is 5.56 Å². The smallest absolute Gasteiger partial charge is 0.255 e. The summed E-state index contributed by atoms with van der Waals surface area (Å²) in [6.07, 6.45) is 0.842.